The number of hydrogen-bond acceptors (Lipinski definition) is 1. The van der Waals surface area contributed by atoms with E-state index in [0.29, 0.717) is 25.3 Å². The third-order valence-electron chi connectivity index (χ3n) is 3.41. The lowest BCUT2D eigenvalue weighted by Gasteiger charge is -2.40. The molecule has 1 saturated carbocycles. The molecule has 1 rings (SSSR count). The smallest absolute Gasteiger partial charge is 0.256 e. The molecule has 1 fully saturated rings. The summed E-state index contributed by atoms with van der Waals surface area (Å²) in [6, 6.07) is 0. The molecule has 0 aromatic heterocycles. The molecule has 1 aliphatic carbocycles. The van der Waals surface area contributed by atoms with Gasteiger partial charge < -0.3 is 5.32 Å². The molecule has 14 heavy (non-hydrogen) atoms. The molecule has 0 aromatic carbocycles. The first kappa shape index (κ1) is 11.9. The van der Waals surface area contributed by atoms with Crippen LogP contribution in [-0.2, 0) is 0 Å². The predicted molar refractivity (Wildman–Crippen MR) is 54.7 cm³/mol. The number of nitrogens with one attached hydrogen (secondary N) is 1. The van der Waals surface area contributed by atoms with E-state index in [9.17, 15) is 8.78 Å². The molecule has 0 spiro atoms. The quantitative estimate of drug-likeness (QED) is 0.743. The molecule has 3 heteroatoms. The Morgan fingerprint density at radius 1 is 1.43 bits per heavy atom. The zero-order valence-corrected chi connectivity index (χ0v) is 9.15. The van der Waals surface area contributed by atoms with E-state index in [4.69, 9.17) is 0 Å². The fourth-order valence-electron chi connectivity index (χ4n) is 2.56. The summed E-state index contributed by atoms with van der Waals surface area (Å²) in [5.41, 5.74) is -0.881. The van der Waals surface area contributed by atoms with Gasteiger partial charge in [-0.05, 0) is 25.3 Å². The molecule has 1 aliphatic rings. The van der Waals surface area contributed by atoms with E-state index < -0.39 is 12.0 Å². The third-order valence-corrected chi connectivity index (χ3v) is 3.41. The van der Waals surface area contributed by atoms with Crippen molar-refractivity contribution in [1.29, 1.82) is 0 Å². The molecule has 0 amide bonds. The minimum Gasteiger partial charge on any atom is -0.307 e. The van der Waals surface area contributed by atoms with Gasteiger partial charge in [0.15, 0.2) is 0 Å². The maximum Gasteiger partial charge on any atom is 0.256 e. The van der Waals surface area contributed by atoms with Crippen molar-refractivity contribution in [2.24, 2.45) is 5.92 Å². The summed E-state index contributed by atoms with van der Waals surface area (Å²) in [5.74, 6) is 0.483. The maximum absolute atomic E-state index is 13.0. The van der Waals surface area contributed by atoms with Gasteiger partial charge in [0.25, 0.3) is 6.43 Å². The van der Waals surface area contributed by atoms with E-state index in [1.165, 1.54) is 0 Å². The molecule has 2 atom stereocenters. The first-order valence-electron chi connectivity index (χ1n) is 5.67. The van der Waals surface area contributed by atoms with E-state index in [-0.39, 0.29) is 0 Å². The highest BCUT2D eigenvalue weighted by Crippen LogP contribution is 2.37. The lowest BCUT2D eigenvalue weighted by Crippen LogP contribution is -2.54. The lowest BCUT2D eigenvalue weighted by molar-refractivity contribution is -0.00649. The van der Waals surface area contributed by atoms with E-state index >= 15 is 0 Å². The average Bonchev–Trinajstić information content (AvgIpc) is 2.18. The van der Waals surface area contributed by atoms with Gasteiger partial charge in [0.2, 0.25) is 0 Å². The van der Waals surface area contributed by atoms with Gasteiger partial charge in [-0.2, -0.15) is 0 Å². The second kappa shape index (κ2) is 5.06. The molecule has 0 aliphatic heterocycles. The van der Waals surface area contributed by atoms with Crippen molar-refractivity contribution in [3.05, 3.63) is 0 Å². The van der Waals surface area contributed by atoms with Crippen LogP contribution in [0.5, 0.6) is 0 Å². The van der Waals surface area contributed by atoms with Crippen LogP contribution in [0.2, 0.25) is 0 Å². The van der Waals surface area contributed by atoms with Gasteiger partial charge in [0, 0.05) is 0 Å². The van der Waals surface area contributed by atoms with E-state index in [1.807, 2.05) is 6.92 Å². The SMILES string of the molecule is CCNC1(C(F)F)CCCC(CC)C1. The summed E-state index contributed by atoms with van der Waals surface area (Å²) in [7, 11) is 0. The summed E-state index contributed by atoms with van der Waals surface area (Å²) >= 11 is 0. The van der Waals surface area contributed by atoms with Crippen molar-refractivity contribution >= 4 is 0 Å². The van der Waals surface area contributed by atoms with Crippen LogP contribution >= 0.6 is 0 Å². The summed E-state index contributed by atoms with van der Waals surface area (Å²) in [6.07, 6.45) is 2.15. The maximum atomic E-state index is 13.0. The molecule has 0 bridgehead atoms. The first-order chi connectivity index (χ1) is 6.64. The lowest BCUT2D eigenvalue weighted by atomic mass is 9.75. The Labute approximate surface area is 85.3 Å². The first-order valence-corrected chi connectivity index (χ1v) is 5.67. The molecule has 0 heterocycles. The predicted octanol–water partition coefficient (Wildman–Crippen LogP) is 3.20. The zero-order valence-electron chi connectivity index (χ0n) is 9.15. The molecule has 0 saturated heterocycles. The van der Waals surface area contributed by atoms with Crippen molar-refractivity contribution < 1.29 is 8.78 Å². The standard InChI is InChI=1S/C11H21F2N/c1-3-9-6-5-7-11(8-9,10(12)13)14-4-2/h9-10,14H,3-8H2,1-2H3. The molecule has 2 unspecified atom stereocenters. The molecule has 1 nitrogen and oxygen atoms in total. The normalized spacial score (nSPS) is 33.6. The zero-order chi connectivity index (χ0) is 10.6. The molecule has 1 N–H and O–H groups in total. The largest absolute Gasteiger partial charge is 0.307 e. The van der Waals surface area contributed by atoms with Crippen molar-refractivity contribution in [2.75, 3.05) is 6.54 Å². The topological polar surface area (TPSA) is 12.0 Å². The van der Waals surface area contributed by atoms with Crippen LogP contribution < -0.4 is 5.32 Å². The second-order valence-electron chi connectivity index (χ2n) is 4.36. The Kier molecular flexibility index (Phi) is 4.30. The minimum absolute atomic E-state index is 0.483. The Bertz CT molecular complexity index is 169. The van der Waals surface area contributed by atoms with E-state index in [0.717, 1.165) is 19.3 Å². The monoisotopic (exact) mass is 205 g/mol. The fraction of sp³-hybridized carbons (Fsp3) is 1.00. The second-order valence-corrected chi connectivity index (χ2v) is 4.36. The van der Waals surface area contributed by atoms with Crippen LogP contribution in [0.4, 0.5) is 8.78 Å². The molecule has 84 valence electrons. The molecular weight excluding hydrogens is 184 g/mol. The number of halogens is 2. The molecule has 0 aromatic rings. The van der Waals surface area contributed by atoms with Gasteiger partial charge in [0.05, 0.1) is 5.54 Å². The Morgan fingerprint density at radius 3 is 2.64 bits per heavy atom. The van der Waals surface area contributed by atoms with Gasteiger partial charge in [-0.15, -0.1) is 0 Å². The molecule has 0 radical (unpaired) electrons. The Morgan fingerprint density at radius 2 is 2.14 bits per heavy atom. The summed E-state index contributed by atoms with van der Waals surface area (Å²) in [5, 5.41) is 3.01. The van der Waals surface area contributed by atoms with Gasteiger partial charge >= 0.3 is 0 Å². The number of alkyl halides is 2. The Hall–Kier alpha value is -0.180. The van der Waals surface area contributed by atoms with Crippen LogP contribution in [0.15, 0.2) is 0 Å². The van der Waals surface area contributed by atoms with Crippen molar-refractivity contribution in [1.82, 2.24) is 5.32 Å². The third kappa shape index (κ3) is 2.44. The van der Waals surface area contributed by atoms with Crippen LogP contribution in [0.1, 0.15) is 46.0 Å². The van der Waals surface area contributed by atoms with Crippen LogP contribution in [-0.4, -0.2) is 18.5 Å². The molecular formula is C11H21F2N. The summed E-state index contributed by atoms with van der Waals surface area (Å²) in [4.78, 5) is 0. The highest BCUT2D eigenvalue weighted by Gasteiger charge is 2.42. The van der Waals surface area contributed by atoms with E-state index in [1.54, 1.807) is 0 Å². The Balaban J connectivity index is 2.65. The van der Waals surface area contributed by atoms with Crippen molar-refractivity contribution in [2.45, 2.75) is 57.9 Å². The van der Waals surface area contributed by atoms with Crippen LogP contribution in [0, 0.1) is 5.92 Å². The number of hydrogen-bond donors (Lipinski definition) is 1. The van der Waals surface area contributed by atoms with Gasteiger partial charge in [-0.3, -0.25) is 0 Å². The minimum atomic E-state index is -2.23. The highest BCUT2D eigenvalue weighted by molar-refractivity contribution is 4.95. The van der Waals surface area contributed by atoms with Crippen molar-refractivity contribution in [3.8, 4) is 0 Å². The fourth-order valence-corrected chi connectivity index (χ4v) is 2.56. The summed E-state index contributed by atoms with van der Waals surface area (Å²) < 4.78 is 26.0. The highest BCUT2D eigenvalue weighted by atomic mass is 19.3. The summed E-state index contributed by atoms with van der Waals surface area (Å²) in [6.45, 7) is 4.64. The average molecular weight is 205 g/mol. The van der Waals surface area contributed by atoms with Crippen molar-refractivity contribution in [3.63, 3.8) is 0 Å². The van der Waals surface area contributed by atoms with Crippen LogP contribution in [0.3, 0.4) is 0 Å². The van der Waals surface area contributed by atoms with E-state index in [2.05, 4.69) is 12.2 Å². The number of rotatable bonds is 4. The van der Waals surface area contributed by atoms with Gasteiger partial charge in [0.1, 0.15) is 0 Å². The van der Waals surface area contributed by atoms with Crippen LogP contribution in [0.25, 0.3) is 0 Å². The van der Waals surface area contributed by atoms with Gasteiger partial charge in [-0.25, -0.2) is 8.78 Å². The van der Waals surface area contributed by atoms with Gasteiger partial charge in [-0.1, -0.05) is 33.1 Å².